The molecule has 1 heterocycles. The van der Waals surface area contributed by atoms with E-state index in [-0.39, 0.29) is 0 Å². The highest BCUT2D eigenvalue weighted by Crippen LogP contribution is 2.02. The van der Waals surface area contributed by atoms with Gasteiger partial charge < -0.3 is 4.74 Å². The number of ether oxygens (including phenoxy) is 1. The van der Waals surface area contributed by atoms with E-state index >= 15 is 0 Å². The quantitative estimate of drug-likeness (QED) is 0.656. The van der Waals surface area contributed by atoms with E-state index in [2.05, 4.69) is 24.6 Å². The summed E-state index contributed by atoms with van der Waals surface area (Å²) in [6.07, 6.45) is 7.60. The first-order valence-corrected chi connectivity index (χ1v) is 4.24. The summed E-state index contributed by atoms with van der Waals surface area (Å²) >= 11 is 0. The number of nitrogens with zero attached hydrogens (tertiary/aromatic N) is 1. The molecule has 0 saturated heterocycles. The first kappa shape index (κ1) is 9.52. The molecular weight excluding hydrogens is 162 g/mol. The van der Waals surface area contributed by atoms with Crippen molar-refractivity contribution in [1.29, 1.82) is 0 Å². The van der Waals surface area contributed by atoms with Crippen LogP contribution in [0.4, 0.5) is 0 Å². The molecule has 0 aliphatic carbocycles. The Kier molecular flexibility index (Phi) is 3.76. The minimum absolute atomic E-state index is 0.888. The molecule has 0 fully saturated rings. The molecule has 2 nitrogen and oxygen atoms in total. The third-order valence-electron chi connectivity index (χ3n) is 1.67. The summed E-state index contributed by atoms with van der Waals surface area (Å²) in [6, 6.07) is 4.02. The molecule has 68 valence electrons. The predicted molar refractivity (Wildman–Crippen MR) is 53.9 cm³/mol. The molecule has 0 amide bonds. The van der Waals surface area contributed by atoms with Crippen LogP contribution >= 0.6 is 0 Å². The standard InChI is InChI=1S/C11H13NO/c1-3-10-5-6-11(12-9-10)7-8-13-4-2/h4-9H,2-3H2,1H3/b8-7+. The van der Waals surface area contributed by atoms with Gasteiger partial charge >= 0.3 is 0 Å². The zero-order chi connectivity index (χ0) is 9.52. The summed E-state index contributed by atoms with van der Waals surface area (Å²) in [5.41, 5.74) is 2.13. The summed E-state index contributed by atoms with van der Waals surface area (Å²) < 4.78 is 4.84. The molecule has 0 N–H and O–H groups in total. The highest BCUT2D eigenvalue weighted by Gasteiger charge is 1.89. The number of pyridine rings is 1. The molecule has 0 aliphatic rings. The van der Waals surface area contributed by atoms with Crippen molar-refractivity contribution in [2.24, 2.45) is 0 Å². The van der Waals surface area contributed by atoms with E-state index in [1.54, 1.807) is 12.3 Å². The Balaban J connectivity index is 2.63. The molecule has 0 unspecified atom stereocenters. The minimum atomic E-state index is 0.888. The van der Waals surface area contributed by atoms with Gasteiger partial charge in [-0.2, -0.15) is 0 Å². The van der Waals surface area contributed by atoms with Crippen LogP contribution in [0.3, 0.4) is 0 Å². The average molecular weight is 175 g/mol. The van der Waals surface area contributed by atoms with Crippen LogP contribution in [-0.4, -0.2) is 4.98 Å². The number of rotatable bonds is 4. The van der Waals surface area contributed by atoms with Gasteiger partial charge in [-0.25, -0.2) is 0 Å². The lowest BCUT2D eigenvalue weighted by atomic mass is 10.2. The van der Waals surface area contributed by atoms with Gasteiger partial charge in [0.1, 0.15) is 0 Å². The zero-order valence-electron chi connectivity index (χ0n) is 7.73. The van der Waals surface area contributed by atoms with Gasteiger partial charge in [0.05, 0.1) is 18.2 Å². The first-order chi connectivity index (χ1) is 6.36. The molecular formula is C11H13NO. The van der Waals surface area contributed by atoms with Crippen molar-refractivity contribution in [3.63, 3.8) is 0 Å². The van der Waals surface area contributed by atoms with Gasteiger partial charge in [0.2, 0.25) is 0 Å². The van der Waals surface area contributed by atoms with Crippen LogP contribution in [0.25, 0.3) is 6.08 Å². The molecule has 0 spiro atoms. The second-order valence-electron chi connectivity index (χ2n) is 2.55. The van der Waals surface area contributed by atoms with E-state index in [0.29, 0.717) is 0 Å². The predicted octanol–water partition coefficient (Wildman–Crippen LogP) is 2.77. The van der Waals surface area contributed by atoms with Crippen molar-refractivity contribution >= 4 is 6.08 Å². The van der Waals surface area contributed by atoms with E-state index < -0.39 is 0 Å². The van der Waals surface area contributed by atoms with E-state index in [1.165, 1.54) is 11.8 Å². The Labute approximate surface area is 78.6 Å². The third kappa shape index (κ3) is 3.11. The molecule has 0 saturated carbocycles. The second kappa shape index (κ2) is 5.14. The Bertz CT molecular complexity index is 287. The van der Waals surface area contributed by atoms with Gasteiger partial charge in [-0.1, -0.05) is 19.6 Å². The fourth-order valence-electron chi connectivity index (χ4n) is 0.908. The Hall–Kier alpha value is -1.57. The molecule has 0 bridgehead atoms. The lowest BCUT2D eigenvalue weighted by Gasteiger charge is -1.95. The lowest BCUT2D eigenvalue weighted by Crippen LogP contribution is -1.84. The van der Waals surface area contributed by atoms with E-state index in [4.69, 9.17) is 4.74 Å². The number of aryl methyl sites for hydroxylation is 1. The average Bonchev–Trinajstić information content (AvgIpc) is 2.19. The number of hydrogen-bond donors (Lipinski definition) is 0. The maximum absolute atomic E-state index is 4.84. The summed E-state index contributed by atoms with van der Waals surface area (Å²) in [4.78, 5) is 4.22. The molecule has 1 aromatic heterocycles. The SMILES string of the molecule is C=CO/C=C/c1ccc(CC)cn1. The fourth-order valence-corrected chi connectivity index (χ4v) is 0.908. The summed E-state index contributed by atoms with van der Waals surface area (Å²) in [5.74, 6) is 0. The minimum Gasteiger partial charge on any atom is -0.473 e. The van der Waals surface area contributed by atoms with Crippen LogP contribution < -0.4 is 0 Å². The lowest BCUT2D eigenvalue weighted by molar-refractivity contribution is 0.408. The van der Waals surface area contributed by atoms with E-state index in [9.17, 15) is 0 Å². The highest BCUT2D eigenvalue weighted by atomic mass is 16.5. The zero-order valence-corrected chi connectivity index (χ0v) is 7.73. The van der Waals surface area contributed by atoms with E-state index in [1.807, 2.05) is 12.3 Å². The van der Waals surface area contributed by atoms with Gasteiger partial charge in [0, 0.05) is 6.20 Å². The highest BCUT2D eigenvalue weighted by molar-refractivity contribution is 5.43. The molecule has 1 aromatic rings. The van der Waals surface area contributed by atoms with E-state index in [0.717, 1.165) is 12.1 Å². The smallest absolute Gasteiger partial charge is 0.0922 e. The second-order valence-corrected chi connectivity index (χ2v) is 2.55. The summed E-state index contributed by atoms with van der Waals surface area (Å²) in [6.45, 7) is 5.53. The molecule has 0 aromatic carbocycles. The molecule has 0 aliphatic heterocycles. The van der Waals surface area contributed by atoms with Crippen molar-refractivity contribution in [2.45, 2.75) is 13.3 Å². The maximum Gasteiger partial charge on any atom is 0.0922 e. The van der Waals surface area contributed by atoms with Gasteiger partial charge in [-0.05, 0) is 24.1 Å². The number of hydrogen-bond acceptors (Lipinski definition) is 2. The first-order valence-electron chi connectivity index (χ1n) is 4.24. The third-order valence-corrected chi connectivity index (χ3v) is 1.67. The Morgan fingerprint density at radius 1 is 1.54 bits per heavy atom. The van der Waals surface area contributed by atoms with Crippen LogP contribution in [0, 0.1) is 0 Å². The molecule has 1 rings (SSSR count). The molecule has 0 atom stereocenters. The van der Waals surface area contributed by atoms with Crippen molar-refractivity contribution in [3.8, 4) is 0 Å². The molecule has 2 heteroatoms. The van der Waals surface area contributed by atoms with Crippen molar-refractivity contribution in [3.05, 3.63) is 48.7 Å². The van der Waals surface area contributed by atoms with Crippen molar-refractivity contribution < 1.29 is 4.74 Å². The molecule has 0 radical (unpaired) electrons. The van der Waals surface area contributed by atoms with Gasteiger partial charge in [0.15, 0.2) is 0 Å². The fraction of sp³-hybridized carbons (Fsp3) is 0.182. The topological polar surface area (TPSA) is 22.1 Å². The van der Waals surface area contributed by atoms with Crippen LogP contribution in [0.1, 0.15) is 18.2 Å². The Morgan fingerprint density at radius 3 is 2.92 bits per heavy atom. The van der Waals surface area contributed by atoms with Crippen LogP contribution in [0.2, 0.25) is 0 Å². The monoisotopic (exact) mass is 175 g/mol. The summed E-state index contributed by atoms with van der Waals surface area (Å²) in [5, 5.41) is 0. The van der Waals surface area contributed by atoms with Crippen LogP contribution in [-0.2, 0) is 11.2 Å². The van der Waals surface area contributed by atoms with Gasteiger partial charge in [0.25, 0.3) is 0 Å². The van der Waals surface area contributed by atoms with Gasteiger partial charge in [-0.15, -0.1) is 0 Å². The van der Waals surface area contributed by atoms with Gasteiger partial charge in [-0.3, -0.25) is 4.98 Å². The Morgan fingerprint density at radius 2 is 2.38 bits per heavy atom. The van der Waals surface area contributed by atoms with Crippen molar-refractivity contribution in [1.82, 2.24) is 4.98 Å². The number of aromatic nitrogens is 1. The largest absolute Gasteiger partial charge is 0.473 e. The molecule has 13 heavy (non-hydrogen) atoms. The van der Waals surface area contributed by atoms with Crippen LogP contribution in [0.15, 0.2) is 37.4 Å². The van der Waals surface area contributed by atoms with Crippen molar-refractivity contribution in [2.75, 3.05) is 0 Å². The summed E-state index contributed by atoms with van der Waals surface area (Å²) in [7, 11) is 0. The maximum atomic E-state index is 4.84. The normalized spacial score (nSPS) is 10.2. The van der Waals surface area contributed by atoms with Crippen LogP contribution in [0.5, 0.6) is 0 Å².